The number of hydrogen-bond acceptors (Lipinski definition) is 2. The third kappa shape index (κ3) is 3.75. The van der Waals surface area contributed by atoms with E-state index in [2.05, 4.69) is 41.7 Å². The van der Waals surface area contributed by atoms with Crippen LogP contribution in [0, 0.1) is 0 Å². The van der Waals surface area contributed by atoms with Crippen LogP contribution < -0.4 is 5.32 Å². The third-order valence-corrected chi connectivity index (χ3v) is 4.51. The van der Waals surface area contributed by atoms with Crippen LogP contribution in [0.15, 0.2) is 58.3 Å². The van der Waals surface area contributed by atoms with Gasteiger partial charge in [0.1, 0.15) is 0 Å². The lowest BCUT2D eigenvalue weighted by Gasteiger charge is -2.10. The van der Waals surface area contributed by atoms with Crippen LogP contribution in [0.2, 0.25) is 5.02 Å². The van der Waals surface area contributed by atoms with Crippen molar-refractivity contribution in [1.29, 1.82) is 0 Å². The van der Waals surface area contributed by atoms with Gasteiger partial charge in [0.2, 0.25) is 0 Å². The van der Waals surface area contributed by atoms with Crippen molar-refractivity contribution in [2.45, 2.75) is 35.2 Å². The molecule has 2 aromatic rings. The number of halogens is 1. The molecule has 1 saturated carbocycles. The van der Waals surface area contributed by atoms with Crippen molar-refractivity contribution in [1.82, 2.24) is 5.32 Å². The molecule has 0 aromatic heterocycles. The maximum absolute atomic E-state index is 6.11. The monoisotopic (exact) mass is 289 g/mol. The van der Waals surface area contributed by atoms with E-state index in [-0.39, 0.29) is 0 Å². The first-order valence-corrected chi connectivity index (χ1v) is 7.75. The number of nitrogens with one attached hydrogen (secondary N) is 1. The quantitative estimate of drug-likeness (QED) is 0.853. The van der Waals surface area contributed by atoms with Crippen LogP contribution in [-0.2, 0) is 6.54 Å². The third-order valence-electron chi connectivity index (χ3n) is 3.15. The lowest BCUT2D eigenvalue weighted by molar-refractivity contribution is 0.680. The predicted molar refractivity (Wildman–Crippen MR) is 81.9 cm³/mol. The highest BCUT2D eigenvalue weighted by Gasteiger charge is 2.20. The highest BCUT2D eigenvalue weighted by molar-refractivity contribution is 7.99. The SMILES string of the molecule is Clc1ccc(Sc2ccccc2)c(CNC2CC2)c1. The van der Waals surface area contributed by atoms with Crippen LogP contribution in [0.4, 0.5) is 0 Å². The first-order chi connectivity index (χ1) is 9.31. The van der Waals surface area contributed by atoms with E-state index in [1.807, 2.05) is 12.1 Å². The topological polar surface area (TPSA) is 12.0 Å². The fraction of sp³-hybridized carbons (Fsp3) is 0.250. The summed E-state index contributed by atoms with van der Waals surface area (Å²) in [4.78, 5) is 2.54. The van der Waals surface area contributed by atoms with Crippen molar-refractivity contribution in [3.05, 3.63) is 59.1 Å². The molecule has 0 heterocycles. The lowest BCUT2D eigenvalue weighted by atomic mass is 10.2. The average molecular weight is 290 g/mol. The molecule has 2 aromatic carbocycles. The minimum absolute atomic E-state index is 0.716. The molecular formula is C16H16ClNS. The zero-order valence-corrected chi connectivity index (χ0v) is 12.2. The molecule has 1 fully saturated rings. The highest BCUT2D eigenvalue weighted by atomic mass is 35.5. The Morgan fingerprint density at radius 1 is 1.11 bits per heavy atom. The summed E-state index contributed by atoms with van der Waals surface area (Å²) in [6.07, 6.45) is 2.61. The Morgan fingerprint density at radius 3 is 2.63 bits per heavy atom. The van der Waals surface area contributed by atoms with E-state index in [0.29, 0.717) is 6.04 Å². The summed E-state index contributed by atoms with van der Waals surface area (Å²) >= 11 is 7.91. The average Bonchev–Trinajstić information content (AvgIpc) is 3.24. The van der Waals surface area contributed by atoms with Crippen molar-refractivity contribution >= 4 is 23.4 Å². The van der Waals surface area contributed by atoms with E-state index in [4.69, 9.17) is 11.6 Å². The molecule has 19 heavy (non-hydrogen) atoms. The van der Waals surface area contributed by atoms with Crippen molar-refractivity contribution in [3.8, 4) is 0 Å². The molecule has 1 N–H and O–H groups in total. The predicted octanol–water partition coefficient (Wildman–Crippen LogP) is 4.74. The highest BCUT2D eigenvalue weighted by Crippen LogP contribution is 2.32. The van der Waals surface area contributed by atoms with Crippen molar-refractivity contribution < 1.29 is 0 Å². The molecule has 0 atom stereocenters. The normalized spacial score (nSPS) is 14.6. The van der Waals surface area contributed by atoms with E-state index < -0.39 is 0 Å². The molecule has 0 bridgehead atoms. The lowest BCUT2D eigenvalue weighted by Crippen LogP contribution is -2.15. The van der Waals surface area contributed by atoms with Crippen LogP contribution in [0.1, 0.15) is 18.4 Å². The maximum atomic E-state index is 6.11. The van der Waals surface area contributed by atoms with Crippen molar-refractivity contribution in [2.24, 2.45) is 0 Å². The first-order valence-electron chi connectivity index (χ1n) is 6.56. The molecule has 0 unspecified atom stereocenters. The minimum atomic E-state index is 0.716. The van der Waals surface area contributed by atoms with Gasteiger partial charge in [-0.3, -0.25) is 0 Å². The van der Waals surface area contributed by atoms with Gasteiger partial charge in [-0.2, -0.15) is 0 Å². The Labute approximate surface area is 123 Å². The summed E-state index contributed by atoms with van der Waals surface area (Å²) in [6.45, 7) is 0.903. The molecule has 0 aliphatic heterocycles. The second-order valence-electron chi connectivity index (χ2n) is 4.82. The minimum Gasteiger partial charge on any atom is -0.310 e. The smallest absolute Gasteiger partial charge is 0.0410 e. The van der Waals surface area contributed by atoms with E-state index in [1.165, 1.54) is 28.2 Å². The molecule has 98 valence electrons. The fourth-order valence-corrected chi connectivity index (χ4v) is 3.08. The van der Waals surface area contributed by atoms with Crippen LogP contribution in [0.3, 0.4) is 0 Å². The number of hydrogen-bond donors (Lipinski definition) is 1. The van der Waals surface area contributed by atoms with Gasteiger partial charge in [-0.25, -0.2) is 0 Å². The summed E-state index contributed by atoms with van der Waals surface area (Å²) in [5.41, 5.74) is 1.29. The largest absolute Gasteiger partial charge is 0.310 e. The van der Waals surface area contributed by atoms with Gasteiger partial charge in [-0.15, -0.1) is 0 Å². The zero-order valence-electron chi connectivity index (χ0n) is 10.6. The summed E-state index contributed by atoms with van der Waals surface area (Å²) < 4.78 is 0. The standard InChI is InChI=1S/C16H16ClNS/c17-13-6-9-16(19-15-4-2-1-3-5-15)12(10-13)11-18-14-7-8-14/h1-6,9-10,14,18H,7-8,11H2. The Hall–Kier alpha value is -0.960. The van der Waals surface area contributed by atoms with Gasteiger partial charge >= 0.3 is 0 Å². The van der Waals surface area contributed by atoms with Crippen LogP contribution >= 0.6 is 23.4 Å². The summed E-state index contributed by atoms with van der Waals surface area (Å²) in [5.74, 6) is 0. The Balaban J connectivity index is 1.78. The van der Waals surface area contributed by atoms with Gasteiger partial charge in [0.25, 0.3) is 0 Å². The molecule has 1 nitrogen and oxygen atoms in total. The first kappa shape index (κ1) is 13.0. The zero-order chi connectivity index (χ0) is 13.1. The molecule has 1 aliphatic carbocycles. The van der Waals surface area contributed by atoms with Gasteiger partial charge in [0.15, 0.2) is 0 Å². The van der Waals surface area contributed by atoms with E-state index in [1.54, 1.807) is 11.8 Å². The van der Waals surface area contributed by atoms with Gasteiger partial charge in [0, 0.05) is 27.4 Å². The summed E-state index contributed by atoms with van der Waals surface area (Å²) in [7, 11) is 0. The second kappa shape index (κ2) is 6.00. The van der Waals surface area contributed by atoms with E-state index in [0.717, 1.165) is 11.6 Å². The number of benzene rings is 2. The van der Waals surface area contributed by atoms with Crippen LogP contribution in [0.25, 0.3) is 0 Å². The number of rotatable bonds is 5. The fourth-order valence-electron chi connectivity index (χ4n) is 1.94. The van der Waals surface area contributed by atoms with Crippen LogP contribution in [0.5, 0.6) is 0 Å². The molecule has 0 amide bonds. The molecule has 3 rings (SSSR count). The second-order valence-corrected chi connectivity index (χ2v) is 6.37. The molecule has 1 aliphatic rings. The molecule has 3 heteroatoms. The Kier molecular flexibility index (Phi) is 4.12. The Bertz CT molecular complexity index is 552. The molecule has 0 saturated heterocycles. The van der Waals surface area contributed by atoms with Crippen molar-refractivity contribution in [2.75, 3.05) is 0 Å². The molecule has 0 radical (unpaired) electrons. The summed E-state index contributed by atoms with van der Waals surface area (Å²) in [5, 5.41) is 4.36. The van der Waals surface area contributed by atoms with Gasteiger partial charge < -0.3 is 5.32 Å². The van der Waals surface area contributed by atoms with Gasteiger partial charge in [-0.05, 0) is 48.7 Å². The van der Waals surface area contributed by atoms with Gasteiger partial charge in [0.05, 0.1) is 0 Å². The summed E-state index contributed by atoms with van der Waals surface area (Å²) in [6, 6.07) is 17.3. The van der Waals surface area contributed by atoms with Crippen LogP contribution in [-0.4, -0.2) is 6.04 Å². The molecular weight excluding hydrogens is 274 g/mol. The van der Waals surface area contributed by atoms with Gasteiger partial charge in [-0.1, -0.05) is 41.6 Å². The van der Waals surface area contributed by atoms with Crippen molar-refractivity contribution in [3.63, 3.8) is 0 Å². The molecule has 0 spiro atoms. The Morgan fingerprint density at radius 2 is 1.89 bits per heavy atom. The van der Waals surface area contributed by atoms with E-state index >= 15 is 0 Å². The van der Waals surface area contributed by atoms with E-state index in [9.17, 15) is 0 Å². The maximum Gasteiger partial charge on any atom is 0.0410 e.